The second-order valence-corrected chi connectivity index (χ2v) is 11.5. The Balaban J connectivity index is 1.80. The maximum atomic E-state index is 15.4. The van der Waals surface area contributed by atoms with E-state index >= 15 is 4.39 Å². The molecule has 3 N–H and O–H groups in total. The standard InChI is InChI=1S/C31H38FN3O6S/c1-5-26-27(17-33-29(38)19(3)15-20(4)42-14-13-28(36)37)35(31(34-26)41-6-2)18-22-12-11-21(16-25(22)32)23-9-7-8-10-24(23)30(39)40/h7-12,16,19-20H,5-6,13-15,17-18H2,1-4H3,(H,33,38)(H,36,37)(H,39,40). The van der Waals surface area contributed by atoms with Gasteiger partial charge in [-0.05, 0) is 43.0 Å². The van der Waals surface area contributed by atoms with Crippen molar-refractivity contribution in [2.24, 2.45) is 5.92 Å². The molecular weight excluding hydrogens is 561 g/mol. The lowest BCUT2D eigenvalue weighted by Gasteiger charge is -2.18. The number of aryl methyl sites for hydroxylation is 1. The van der Waals surface area contributed by atoms with Crippen molar-refractivity contribution in [3.8, 4) is 17.1 Å². The number of carboxylic acid groups (broad SMARTS) is 2. The number of hydrogen-bond donors (Lipinski definition) is 3. The molecule has 0 aliphatic carbocycles. The van der Waals surface area contributed by atoms with E-state index in [-0.39, 0.29) is 42.1 Å². The molecule has 0 radical (unpaired) electrons. The molecule has 3 rings (SSSR count). The molecule has 1 aromatic heterocycles. The van der Waals surface area contributed by atoms with Crippen molar-refractivity contribution in [3.05, 3.63) is 70.8 Å². The smallest absolute Gasteiger partial charge is 0.336 e. The average molecular weight is 600 g/mol. The van der Waals surface area contributed by atoms with E-state index in [2.05, 4.69) is 10.3 Å². The molecular formula is C31H38FN3O6S. The minimum atomic E-state index is -1.09. The Kier molecular flexibility index (Phi) is 12.0. The predicted octanol–water partition coefficient (Wildman–Crippen LogP) is 5.64. The molecule has 0 bridgehead atoms. The van der Waals surface area contributed by atoms with Crippen LogP contribution in [0.4, 0.5) is 4.39 Å². The highest BCUT2D eigenvalue weighted by Gasteiger charge is 2.22. The van der Waals surface area contributed by atoms with E-state index in [0.717, 1.165) is 5.69 Å². The highest BCUT2D eigenvalue weighted by molar-refractivity contribution is 7.99. The Morgan fingerprint density at radius 2 is 1.86 bits per heavy atom. The Labute approximate surface area is 249 Å². The first-order valence-corrected chi connectivity index (χ1v) is 15.0. The molecule has 42 heavy (non-hydrogen) atoms. The third-order valence-electron chi connectivity index (χ3n) is 6.86. The second kappa shape index (κ2) is 15.4. The maximum absolute atomic E-state index is 15.4. The number of rotatable bonds is 16. The number of halogens is 1. The van der Waals surface area contributed by atoms with Crippen molar-refractivity contribution in [1.82, 2.24) is 14.9 Å². The van der Waals surface area contributed by atoms with E-state index in [1.807, 2.05) is 27.7 Å². The van der Waals surface area contributed by atoms with Crippen LogP contribution in [0.3, 0.4) is 0 Å². The van der Waals surface area contributed by atoms with E-state index in [0.29, 0.717) is 53.6 Å². The molecule has 226 valence electrons. The number of amides is 1. The van der Waals surface area contributed by atoms with E-state index in [9.17, 15) is 19.5 Å². The number of aromatic carboxylic acids is 1. The van der Waals surface area contributed by atoms with Crippen LogP contribution in [0.5, 0.6) is 6.01 Å². The number of thioether (sulfide) groups is 1. The van der Waals surface area contributed by atoms with E-state index in [1.54, 1.807) is 34.9 Å². The molecule has 9 nitrogen and oxygen atoms in total. The van der Waals surface area contributed by atoms with Crippen LogP contribution in [-0.4, -0.2) is 55.2 Å². The van der Waals surface area contributed by atoms with Crippen molar-refractivity contribution < 1.29 is 33.7 Å². The van der Waals surface area contributed by atoms with Crippen molar-refractivity contribution in [3.63, 3.8) is 0 Å². The van der Waals surface area contributed by atoms with Crippen LogP contribution < -0.4 is 10.1 Å². The van der Waals surface area contributed by atoms with Gasteiger partial charge in [-0.1, -0.05) is 51.1 Å². The lowest BCUT2D eigenvalue weighted by molar-refractivity contribution is -0.136. The zero-order valence-corrected chi connectivity index (χ0v) is 25.2. The molecule has 0 aliphatic rings. The van der Waals surface area contributed by atoms with Gasteiger partial charge in [0.15, 0.2) is 0 Å². The number of nitrogens with zero attached hydrogens (tertiary/aromatic N) is 2. The fourth-order valence-electron chi connectivity index (χ4n) is 4.69. The zero-order valence-electron chi connectivity index (χ0n) is 24.4. The van der Waals surface area contributed by atoms with E-state index < -0.39 is 17.8 Å². The van der Waals surface area contributed by atoms with Crippen LogP contribution in [0.2, 0.25) is 0 Å². The molecule has 0 saturated carbocycles. The lowest BCUT2D eigenvalue weighted by atomic mass is 9.98. The summed E-state index contributed by atoms with van der Waals surface area (Å²) >= 11 is 1.53. The minimum absolute atomic E-state index is 0.0838. The molecule has 0 fully saturated rings. The zero-order chi connectivity index (χ0) is 30.8. The quantitative estimate of drug-likeness (QED) is 0.193. The number of hydrogen-bond acceptors (Lipinski definition) is 6. The Morgan fingerprint density at radius 1 is 1.12 bits per heavy atom. The van der Waals surface area contributed by atoms with Gasteiger partial charge in [0, 0.05) is 22.5 Å². The minimum Gasteiger partial charge on any atom is -0.481 e. The number of imidazole rings is 1. The summed E-state index contributed by atoms with van der Waals surface area (Å²) in [6.45, 7) is 8.24. The molecule has 3 aromatic rings. The van der Waals surface area contributed by atoms with Crippen molar-refractivity contribution in [2.45, 2.75) is 65.3 Å². The summed E-state index contributed by atoms with van der Waals surface area (Å²) < 4.78 is 23.0. The van der Waals surface area contributed by atoms with Crippen LogP contribution in [-0.2, 0) is 29.1 Å². The highest BCUT2D eigenvalue weighted by Crippen LogP contribution is 2.28. The first-order chi connectivity index (χ1) is 20.0. The molecule has 1 heterocycles. The third kappa shape index (κ3) is 8.58. The SMILES string of the molecule is CCOc1nc(CC)c(CNC(=O)C(C)CC(C)SCCC(=O)O)n1Cc1ccc(-c2ccccc2C(=O)O)cc1F. The number of aliphatic carboxylic acids is 1. The molecule has 0 saturated heterocycles. The summed E-state index contributed by atoms with van der Waals surface area (Å²) in [6.07, 6.45) is 1.27. The topological polar surface area (TPSA) is 131 Å². The Morgan fingerprint density at radius 3 is 2.50 bits per heavy atom. The van der Waals surface area contributed by atoms with Gasteiger partial charge >= 0.3 is 11.9 Å². The summed E-state index contributed by atoms with van der Waals surface area (Å²) in [7, 11) is 0. The van der Waals surface area contributed by atoms with Gasteiger partial charge in [0.05, 0.1) is 43.1 Å². The molecule has 2 unspecified atom stereocenters. The summed E-state index contributed by atoms with van der Waals surface area (Å²) in [6, 6.07) is 11.4. The third-order valence-corrected chi connectivity index (χ3v) is 8.06. The predicted molar refractivity (Wildman–Crippen MR) is 160 cm³/mol. The number of carboxylic acids is 2. The van der Waals surface area contributed by atoms with Crippen molar-refractivity contribution in [1.29, 1.82) is 0 Å². The van der Waals surface area contributed by atoms with Crippen LogP contribution >= 0.6 is 11.8 Å². The van der Waals surface area contributed by atoms with Gasteiger partial charge in [-0.25, -0.2) is 9.18 Å². The highest BCUT2D eigenvalue weighted by atomic mass is 32.2. The summed E-state index contributed by atoms with van der Waals surface area (Å²) in [5, 5.41) is 21.5. The normalized spacial score (nSPS) is 12.5. The lowest BCUT2D eigenvalue weighted by Crippen LogP contribution is -2.31. The fraction of sp³-hybridized carbons (Fsp3) is 0.419. The van der Waals surface area contributed by atoms with Gasteiger partial charge < -0.3 is 20.3 Å². The monoisotopic (exact) mass is 599 g/mol. The molecule has 2 aromatic carbocycles. The molecule has 2 atom stereocenters. The van der Waals surface area contributed by atoms with Gasteiger partial charge in [0.25, 0.3) is 6.01 Å². The first kappa shape index (κ1) is 32.7. The summed E-state index contributed by atoms with van der Waals surface area (Å²) in [5.74, 6) is -2.36. The van der Waals surface area contributed by atoms with Crippen molar-refractivity contribution >= 4 is 29.6 Å². The molecule has 1 amide bonds. The molecule has 0 aliphatic heterocycles. The maximum Gasteiger partial charge on any atom is 0.336 e. The largest absolute Gasteiger partial charge is 0.481 e. The van der Waals surface area contributed by atoms with Gasteiger partial charge in [-0.15, -0.1) is 0 Å². The summed E-state index contributed by atoms with van der Waals surface area (Å²) in [5.41, 5.74) is 2.78. The van der Waals surface area contributed by atoms with Gasteiger partial charge in [0.2, 0.25) is 5.91 Å². The fourth-order valence-corrected chi connectivity index (χ4v) is 5.81. The molecule has 11 heteroatoms. The van der Waals surface area contributed by atoms with Crippen LogP contribution in [0.1, 0.15) is 67.8 Å². The van der Waals surface area contributed by atoms with Crippen LogP contribution in [0, 0.1) is 11.7 Å². The molecule has 0 spiro atoms. The van der Waals surface area contributed by atoms with Gasteiger partial charge in [-0.3, -0.25) is 14.2 Å². The Bertz CT molecular complexity index is 1410. The number of carbonyl (C=O) groups excluding carboxylic acids is 1. The van der Waals surface area contributed by atoms with Crippen LogP contribution in [0.15, 0.2) is 42.5 Å². The van der Waals surface area contributed by atoms with Crippen molar-refractivity contribution in [2.75, 3.05) is 12.4 Å². The van der Waals surface area contributed by atoms with Crippen LogP contribution in [0.25, 0.3) is 11.1 Å². The second-order valence-electron chi connectivity index (χ2n) is 10.00. The number of benzene rings is 2. The number of nitrogens with one attached hydrogen (secondary N) is 1. The van der Waals surface area contributed by atoms with Gasteiger partial charge in [0.1, 0.15) is 5.82 Å². The first-order valence-electron chi connectivity index (χ1n) is 14.0. The summed E-state index contributed by atoms with van der Waals surface area (Å²) in [4.78, 5) is 40.0. The number of ether oxygens (including phenoxy) is 1. The number of aromatic nitrogens is 2. The average Bonchev–Trinajstić information content (AvgIpc) is 3.28. The Hall–Kier alpha value is -3.86. The van der Waals surface area contributed by atoms with E-state index in [1.165, 1.54) is 23.9 Å². The van der Waals surface area contributed by atoms with E-state index in [4.69, 9.17) is 9.84 Å². The van der Waals surface area contributed by atoms with Gasteiger partial charge in [-0.2, -0.15) is 16.7 Å². The number of carbonyl (C=O) groups is 3.